The topological polar surface area (TPSA) is 32.3 Å². The highest BCUT2D eigenvalue weighted by molar-refractivity contribution is 6.30. The summed E-state index contributed by atoms with van der Waals surface area (Å²) in [7, 11) is 0. The van der Waals surface area contributed by atoms with Gasteiger partial charge in [-0.2, -0.15) is 0 Å². The Balaban J connectivity index is 1.45. The van der Waals surface area contributed by atoms with Gasteiger partial charge in [-0.3, -0.25) is 9.69 Å². The standard InChI is InChI=1S/C18H23ClN2O/c19-15-6-4-12(5-7-15)18(22)20-17-13-2-1-3-14(17)11-21(10-13)16-8-9-16/h4-7,13-14,16-17H,1-3,8-11H2,(H,20,22)/t13-,14-/m0/s1. The number of amides is 1. The van der Waals surface area contributed by atoms with Crippen LogP contribution in [0, 0.1) is 11.8 Å². The fourth-order valence-corrected chi connectivity index (χ4v) is 4.41. The molecular formula is C18H23ClN2O. The number of nitrogens with zero attached hydrogens (tertiary/aromatic N) is 1. The maximum atomic E-state index is 12.5. The molecule has 0 aromatic heterocycles. The minimum absolute atomic E-state index is 0.0541. The summed E-state index contributed by atoms with van der Waals surface area (Å²) in [6.07, 6.45) is 6.58. The van der Waals surface area contributed by atoms with Gasteiger partial charge in [-0.05, 0) is 61.8 Å². The van der Waals surface area contributed by atoms with E-state index in [1.807, 2.05) is 12.1 Å². The molecule has 3 fully saturated rings. The summed E-state index contributed by atoms with van der Waals surface area (Å²) in [6.45, 7) is 2.35. The van der Waals surface area contributed by atoms with Crippen LogP contribution in [0.1, 0.15) is 42.5 Å². The molecule has 1 N–H and O–H groups in total. The molecule has 1 aromatic rings. The predicted octanol–water partition coefficient (Wildman–Crippen LogP) is 3.33. The molecule has 2 bridgehead atoms. The molecule has 0 spiro atoms. The molecule has 0 unspecified atom stereocenters. The van der Waals surface area contributed by atoms with E-state index < -0.39 is 0 Å². The van der Waals surface area contributed by atoms with Crippen molar-refractivity contribution in [3.05, 3.63) is 34.9 Å². The molecule has 0 radical (unpaired) electrons. The summed E-state index contributed by atoms with van der Waals surface area (Å²) < 4.78 is 0. The molecule has 4 heteroatoms. The van der Waals surface area contributed by atoms with E-state index in [9.17, 15) is 4.79 Å². The normalized spacial score (nSPS) is 31.8. The zero-order chi connectivity index (χ0) is 15.1. The second-order valence-corrected chi connectivity index (χ2v) is 7.58. The van der Waals surface area contributed by atoms with E-state index in [-0.39, 0.29) is 5.91 Å². The molecule has 2 aliphatic carbocycles. The Labute approximate surface area is 137 Å². The van der Waals surface area contributed by atoms with Gasteiger partial charge in [0.1, 0.15) is 0 Å². The lowest BCUT2D eigenvalue weighted by Crippen LogP contribution is -2.58. The lowest BCUT2D eigenvalue weighted by atomic mass is 9.73. The quantitative estimate of drug-likeness (QED) is 0.927. The van der Waals surface area contributed by atoms with Crippen LogP contribution in [-0.2, 0) is 0 Å². The van der Waals surface area contributed by atoms with Crippen molar-refractivity contribution in [3.63, 3.8) is 0 Å². The Morgan fingerprint density at radius 2 is 1.68 bits per heavy atom. The molecular weight excluding hydrogens is 296 g/mol. The highest BCUT2D eigenvalue weighted by atomic mass is 35.5. The Bertz CT molecular complexity index is 541. The molecule has 1 heterocycles. The largest absolute Gasteiger partial charge is 0.349 e. The van der Waals surface area contributed by atoms with Gasteiger partial charge < -0.3 is 5.32 Å². The number of rotatable bonds is 3. The van der Waals surface area contributed by atoms with Crippen molar-refractivity contribution in [1.29, 1.82) is 0 Å². The van der Waals surface area contributed by atoms with E-state index in [4.69, 9.17) is 11.6 Å². The molecule has 4 rings (SSSR count). The maximum absolute atomic E-state index is 12.5. The number of carbonyl (C=O) groups is 1. The number of carbonyl (C=O) groups excluding carboxylic acids is 1. The monoisotopic (exact) mass is 318 g/mol. The third-order valence-electron chi connectivity index (χ3n) is 5.57. The van der Waals surface area contributed by atoms with Gasteiger partial charge in [-0.1, -0.05) is 18.0 Å². The fourth-order valence-electron chi connectivity index (χ4n) is 4.28. The van der Waals surface area contributed by atoms with Gasteiger partial charge in [-0.15, -0.1) is 0 Å². The van der Waals surface area contributed by atoms with Crippen molar-refractivity contribution in [1.82, 2.24) is 10.2 Å². The van der Waals surface area contributed by atoms with Crippen LogP contribution in [0.5, 0.6) is 0 Å². The second-order valence-electron chi connectivity index (χ2n) is 7.14. The van der Waals surface area contributed by atoms with Gasteiger partial charge in [0.15, 0.2) is 0 Å². The summed E-state index contributed by atoms with van der Waals surface area (Å²) in [5, 5.41) is 4.00. The lowest BCUT2D eigenvalue weighted by Gasteiger charge is -2.47. The summed E-state index contributed by atoms with van der Waals surface area (Å²) in [4.78, 5) is 15.2. The van der Waals surface area contributed by atoms with Crippen molar-refractivity contribution in [3.8, 4) is 0 Å². The van der Waals surface area contributed by atoms with E-state index in [2.05, 4.69) is 10.2 Å². The van der Waals surface area contributed by atoms with Crippen molar-refractivity contribution < 1.29 is 4.79 Å². The number of fused-ring (bicyclic) bond motifs is 2. The minimum Gasteiger partial charge on any atom is -0.349 e. The van der Waals surface area contributed by atoms with Crippen LogP contribution >= 0.6 is 11.6 Å². The zero-order valence-electron chi connectivity index (χ0n) is 12.8. The van der Waals surface area contributed by atoms with E-state index in [0.717, 1.165) is 6.04 Å². The van der Waals surface area contributed by atoms with E-state index in [1.54, 1.807) is 12.1 Å². The van der Waals surface area contributed by atoms with Crippen LogP contribution < -0.4 is 5.32 Å². The molecule has 2 saturated carbocycles. The summed E-state index contributed by atoms with van der Waals surface area (Å²) >= 11 is 5.90. The Morgan fingerprint density at radius 1 is 1.05 bits per heavy atom. The molecule has 22 heavy (non-hydrogen) atoms. The number of likely N-dealkylation sites (tertiary alicyclic amines) is 1. The van der Waals surface area contributed by atoms with Crippen LogP contribution in [0.15, 0.2) is 24.3 Å². The average Bonchev–Trinajstić information content (AvgIpc) is 3.32. The van der Waals surface area contributed by atoms with Gasteiger partial charge in [-0.25, -0.2) is 0 Å². The first kappa shape index (κ1) is 14.5. The van der Waals surface area contributed by atoms with Gasteiger partial charge >= 0.3 is 0 Å². The smallest absolute Gasteiger partial charge is 0.251 e. The zero-order valence-corrected chi connectivity index (χ0v) is 13.6. The van der Waals surface area contributed by atoms with Crippen LogP contribution in [0.4, 0.5) is 0 Å². The molecule has 1 saturated heterocycles. The van der Waals surface area contributed by atoms with Crippen molar-refractivity contribution in [2.45, 2.75) is 44.2 Å². The van der Waals surface area contributed by atoms with Crippen LogP contribution in [-0.4, -0.2) is 36.0 Å². The first-order valence-corrected chi connectivity index (χ1v) is 8.89. The maximum Gasteiger partial charge on any atom is 0.251 e. The third kappa shape index (κ3) is 2.89. The molecule has 1 amide bonds. The van der Waals surface area contributed by atoms with Gasteiger partial charge in [0.2, 0.25) is 0 Å². The van der Waals surface area contributed by atoms with Crippen molar-refractivity contribution >= 4 is 17.5 Å². The fraction of sp³-hybridized carbons (Fsp3) is 0.611. The summed E-state index contributed by atoms with van der Waals surface area (Å²) in [5.41, 5.74) is 0.715. The Hall–Kier alpha value is -1.06. The number of piperidine rings is 1. The third-order valence-corrected chi connectivity index (χ3v) is 5.82. The van der Waals surface area contributed by atoms with Gasteiger partial charge in [0.25, 0.3) is 5.91 Å². The number of hydrogen-bond acceptors (Lipinski definition) is 2. The van der Waals surface area contributed by atoms with E-state index >= 15 is 0 Å². The van der Waals surface area contributed by atoms with Crippen LogP contribution in [0.25, 0.3) is 0 Å². The van der Waals surface area contributed by atoms with Crippen molar-refractivity contribution in [2.75, 3.05) is 13.1 Å². The highest BCUT2D eigenvalue weighted by Crippen LogP contribution is 2.39. The second kappa shape index (κ2) is 5.86. The number of nitrogens with one attached hydrogen (secondary N) is 1. The van der Waals surface area contributed by atoms with E-state index in [0.29, 0.717) is 28.5 Å². The molecule has 3 aliphatic rings. The molecule has 1 aliphatic heterocycles. The summed E-state index contributed by atoms with van der Waals surface area (Å²) in [5.74, 6) is 1.31. The van der Waals surface area contributed by atoms with E-state index in [1.165, 1.54) is 45.2 Å². The number of hydrogen-bond donors (Lipinski definition) is 1. The molecule has 1 aromatic carbocycles. The predicted molar refractivity (Wildman–Crippen MR) is 88.1 cm³/mol. The lowest BCUT2D eigenvalue weighted by molar-refractivity contribution is 0.0389. The number of halogens is 1. The van der Waals surface area contributed by atoms with Gasteiger partial charge in [0.05, 0.1) is 0 Å². The van der Waals surface area contributed by atoms with Crippen LogP contribution in [0.3, 0.4) is 0 Å². The van der Waals surface area contributed by atoms with Crippen molar-refractivity contribution in [2.24, 2.45) is 11.8 Å². The Morgan fingerprint density at radius 3 is 2.27 bits per heavy atom. The molecule has 3 nitrogen and oxygen atoms in total. The number of benzene rings is 1. The van der Waals surface area contributed by atoms with Gasteiger partial charge in [0, 0.05) is 35.8 Å². The first-order valence-electron chi connectivity index (χ1n) is 8.51. The van der Waals surface area contributed by atoms with Crippen LogP contribution in [0.2, 0.25) is 5.02 Å². The molecule has 2 atom stereocenters. The Kier molecular flexibility index (Phi) is 3.87. The minimum atomic E-state index is 0.0541. The first-order chi connectivity index (χ1) is 10.7. The highest BCUT2D eigenvalue weighted by Gasteiger charge is 2.43. The SMILES string of the molecule is O=C(NC1[C@H]2CCC[C@H]1CN(C1CC1)C2)c1ccc(Cl)cc1. The molecule has 118 valence electrons. The average molecular weight is 319 g/mol. The summed E-state index contributed by atoms with van der Waals surface area (Å²) in [6, 6.07) is 8.39.